The van der Waals surface area contributed by atoms with Crippen LogP contribution in [0.4, 0.5) is 9.59 Å². The molecule has 17 nitrogen and oxygen atoms in total. The number of amides is 1. The van der Waals surface area contributed by atoms with Crippen molar-refractivity contribution in [1.29, 1.82) is 0 Å². The van der Waals surface area contributed by atoms with Gasteiger partial charge >= 0.3 is 30.2 Å². The first-order chi connectivity index (χ1) is 31.9. The molecule has 0 radical (unpaired) electrons. The molecule has 11 atom stereocenters. The predicted octanol–water partition coefficient (Wildman–Crippen LogP) is 6.21. The molecule has 68 heavy (non-hydrogen) atoms. The number of aliphatic hydroxyl groups is 3. The van der Waals surface area contributed by atoms with Crippen LogP contribution in [0.3, 0.4) is 0 Å². The summed E-state index contributed by atoms with van der Waals surface area (Å²) in [5.74, 6) is -4.21. The van der Waals surface area contributed by atoms with E-state index in [0.29, 0.717) is 11.3 Å². The average Bonchev–Trinajstić information content (AvgIpc) is 3.27. The van der Waals surface area contributed by atoms with E-state index in [0.717, 1.165) is 19.1 Å². The van der Waals surface area contributed by atoms with Gasteiger partial charge in [-0.3, -0.25) is 9.59 Å². The Hall–Kier alpha value is -4.66. The number of hydrogen-bond donors (Lipinski definition) is 4. The molecule has 4 N–H and O–H groups in total. The van der Waals surface area contributed by atoms with Gasteiger partial charge in [0, 0.05) is 36.7 Å². The first kappa shape index (κ1) is 52.7. The molecule has 2 aromatic rings. The molecule has 1 aliphatic heterocycles. The number of alkyl carbamates (subject to hydrolysis) is 1. The second-order valence-corrected chi connectivity index (χ2v) is 22.1. The van der Waals surface area contributed by atoms with Crippen molar-refractivity contribution in [3.05, 3.63) is 82.9 Å². The molecule has 6 rings (SSSR count). The van der Waals surface area contributed by atoms with Gasteiger partial charge in [0.15, 0.2) is 11.4 Å². The number of fused-ring (bicyclic) bond motifs is 5. The van der Waals surface area contributed by atoms with Crippen LogP contribution < -0.4 is 5.32 Å². The van der Waals surface area contributed by atoms with Crippen LogP contribution in [0, 0.1) is 16.7 Å². The van der Waals surface area contributed by atoms with Crippen LogP contribution in [0.1, 0.15) is 104 Å². The molecule has 0 unspecified atom stereocenters. The molecule has 3 fully saturated rings. The van der Waals surface area contributed by atoms with E-state index in [1.165, 1.54) is 50.6 Å². The predicted molar refractivity (Wildman–Crippen MR) is 249 cm³/mol. The summed E-state index contributed by atoms with van der Waals surface area (Å²) in [5.41, 5.74) is -8.57. The molecule has 1 heterocycles. The Morgan fingerprint density at radius 3 is 2.16 bits per heavy atom. The van der Waals surface area contributed by atoms with E-state index < -0.39 is 119 Å². The highest BCUT2D eigenvalue weighted by atomic mass is 33.1. The maximum absolute atomic E-state index is 15.2. The molecular weight excluding hydrogens is 923 g/mol. The molecule has 1 saturated heterocycles. The quantitative estimate of drug-likeness (QED) is 0.0510. The first-order valence-corrected chi connectivity index (χ1v) is 25.2. The molecule has 19 heteroatoms. The van der Waals surface area contributed by atoms with Crippen LogP contribution in [0.15, 0.2) is 71.8 Å². The zero-order chi connectivity index (χ0) is 50.0. The lowest BCUT2D eigenvalue weighted by Crippen LogP contribution is -2.81. The number of Topliss-reactive ketones (excluding diaryl/α,β-unsaturated/α-hetero) is 1. The van der Waals surface area contributed by atoms with Crippen molar-refractivity contribution in [3.8, 4) is 0 Å². The highest BCUT2D eigenvalue weighted by Gasteiger charge is 2.78. The van der Waals surface area contributed by atoms with E-state index >= 15 is 4.79 Å². The largest absolute Gasteiger partial charge is 0.509 e. The van der Waals surface area contributed by atoms with E-state index in [1.807, 2.05) is 6.92 Å². The van der Waals surface area contributed by atoms with E-state index in [9.17, 15) is 39.3 Å². The second kappa shape index (κ2) is 20.7. The van der Waals surface area contributed by atoms with Crippen LogP contribution in [-0.2, 0) is 47.5 Å². The van der Waals surface area contributed by atoms with Crippen LogP contribution in [0.5, 0.6) is 0 Å². The van der Waals surface area contributed by atoms with Crippen molar-refractivity contribution in [3.63, 3.8) is 0 Å². The van der Waals surface area contributed by atoms with Gasteiger partial charge in [0.05, 0.1) is 29.6 Å². The molecule has 0 aromatic heterocycles. The van der Waals surface area contributed by atoms with Crippen molar-refractivity contribution in [2.45, 2.75) is 141 Å². The third-order valence-corrected chi connectivity index (χ3v) is 16.1. The van der Waals surface area contributed by atoms with Gasteiger partial charge in [-0.1, -0.05) is 90.9 Å². The van der Waals surface area contributed by atoms with E-state index in [2.05, 4.69) is 5.32 Å². The normalized spacial score (nSPS) is 30.3. The number of ketones is 1. The van der Waals surface area contributed by atoms with Crippen molar-refractivity contribution < 1.29 is 77.2 Å². The number of benzene rings is 2. The zero-order valence-electron chi connectivity index (χ0n) is 39.8. The molecule has 3 aliphatic carbocycles. The molecule has 2 bridgehead atoms. The van der Waals surface area contributed by atoms with Gasteiger partial charge in [-0.25, -0.2) is 19.2 Å². The maximum atomic E-state index is 15.2. The average molecular weight is 986 g/mol. The van der Waals surface area contributed by atoms with Gasteiger partial charge in [-0.2, -0.15) is 0 Å². The van der Waals surface area contributed by atoms with Crippen LogP contribution in [-0.4, -0.2) is 129 Å². The standard InChI is InChI=1S/C49H63NO16S2/c1-10-22-67-68-23-21-60-44(58)63-37(35(29-17-13-11-14-18-29)50-43(57)66-45(4,5)6)42(56)62-31-25-49(59)40(64-41(55)30-19-15-12-16-20-30)38-47(9,39(54)36(53)34(27(31)2)46(49,7)8)32(52)24-33-48(38,26-61-33)65-28(3)51/h11-20,31-33,35-38,40,52-53,59H,10,21-26H2,1-9H3,(H,50,57)/t31-,32-,33+,35-,36+,37+,38-,40-,47+,48-,49+/m0/s1. The number of hydrogen-bond acceptors (Lipinski definition) is 18. The highest BCUT2D eigenvalue weighted by molar-refractivity contribution is 8.76. The summed E-state index contributed by atoms with van der Waals surface area (Å²) in [6.45, 7) is 13.7. The molecule has 2 saturated carbocycles. The van der Waals surface area contributed by atoms with Crippen LogP contribution >= 0.6 is 21.6 Å². The molecule has 372 valence electrons. The van der Waals surface area contributed by atoms with Crippen molar-refractivity contribution in [2.75, 3.05) is 24.7 Å². The summed E-state index contributed by atoms with van der Waals surface area (Å²) < 4.78 is 41.3. The molecule has 0 spiro atoms. The lowest BCUT2D eigenvalue weighted by atomic mass is 9.44. The molecule has 2 aromatic carbocycles. The summed E-state index contributed by atoms with van der Waals surface area (Å²) in [6, 6.07) is 14.5. The Balaban J connectivity index is 1.48. The minimum Gasteiger partial charge on any atom is -0.455 e. The molecule has 4 aliphatic rings. The van der Waals surface area contributed by atoms with Crippen molar-refractivity contribution >= 4 is 57.5 Å². The van der Waals surface area contributed by atoms with Gasteiger partial charge in [0.25, 0.3) is 0 Å². The molecule has 1 amide bonds. The lowest BCUT2D eigenvalue weighted by Gasteiger charge is -2.67. The molecular formula is C49H63NO16S2. The third-order valence-electron chi connectivity index (χ3n) is 13.5. The fraction of sp³-hybridized carbons (Fsp3) is 0.592. The first-order valence-electron chi connectivity index (χ1n) is 22.7. The third kappa shape index (κ3) is 10.3. The summed E-state index contributed by atoms with van der Waals surface area (Å²) in [4.78, 5) is 84.4. The van der Waals surface area contributed by atoms with Crippen molar-refractivity contribution in [2.24, 2.45) is 16.7 Å². The number of ether oxygens (including phenoxy) is 7. The number of esters is 3. The zero-order valence-corrected chi connectivity index (χ0v) is 41.4. The maximum Gasteiger partial charge on any atom is 0.509 e. The van der Waals surface area contributed by atoms with Gasteiger partial charge < -0.3 is 53.8 Å². The fourth-order valence-corrected chi connectivity index (χ4v) is 12.1. The number of nitrogens with one attached hydrogen (secondary N) is 1. The van der Waals surface area contributed by atoms with Gasteiger partial charge in [0.2, 0.25) is 6.10 Å². The minimum absolute atomic E-state index is 0.0590. The van der Waals surface area contributed by atoms with Gasteiger partial charge in [-0.15, -0.1) is 0 Å². The summed E-state index contributed by atoms with van der Waals surface area (Å²) in [5, 5.41) is 40.7. The lowest BCUT2D eigenvalue weighted by molar-refractivity contribution is -0.346. The topological polar surface area (TPSA) is 240 Å². The van der Waals surface area contributed by atoms with Gasteiger partial charge in [0.1, 0.15) is 48.3 Å². The SMILES string of the molecule is CCCSSCCOC(=O)O[C@@H](C(=O)O[C@H]1C[C@@]2(O)[C@@H](OC(=O)c3ccccc3)[C@@H]3[C@]4(OC(C)=O)CO[C@@H]4C[C@H](O)[C@@]3(C)C(=O)[C@H](O)C(=C1C)C2(C)C)[C@@H](NC(=O)OC(C)(C)C)c1ccccc1. The van der Waals surface area contributed by atoms with E-state index in [-0.39, 0.29) is 36.3 Å². The van der Waals surface area contributed by atoms with E-state index in [1.54, 1.807) is 80.1 Å². The van der Waals surface area contributed by atoms with Gasteiger partial charge in [-0.05, 0) is 69.9 Å². The van der Waals surface area contributed by atoms with Crippen LogP contribution in [0.2, 0.25) is 0 Å². The van der Waals surface area contributed by atoms with Crippen molar-refractivity contribution in [1.82, 2.24) is 5.32 Å². The minimum atomic E-state index is -2.43. The Kier molecular flexibility index (Phi) is 16.1. The summed E-state index contributed by atoms with van der Waals surface area (Å²) in [7, 11) is 3.08. The Labute approximate surface area is 404 Å². The summed E-state index contributed by atoms with van der Waals surface area (Å²) >= 11 is 0. The fourth-order valence-electron chi connectivity index (χ4n) is 10.2. The smallest absolute Gasteiger partial charge is 0.455 e. The Morgan fingerprint density at radius 2 is 1.57 bits per heavy atom. The Bertz CT molecular complexity index is 2230. The monoisotopic (exact) mass is 985 g/mol. The van der Waals surface area contributed by atoms with E-state index in [4.69, 9.17) is 33.2 Å². The highest BCUT2D eigenvalue weighted by Crippen LogP contribution is 2.64. The van der Waals surface area contributed by atoms with Crippen LogP contribution in [0.25, 0.3) is 0 Å². The summed E-state index contributed by atoms with van der Waals surface area (Å²) in [6.07, 6.45) is -12.1. The number of carbonyl (C=O) groups is 6. The Morgan fingerprint density at radius 1 is 0.941 bits per heavy atom. The second-order valence-electron chi connectivity index (χ2n) is 19.4. The number of rotatable bonds is 15. The number of carbonyl (C=O) groups excluding carboxylic acids is 6. The number of aliphatic hydroxyl groups excluding tert-OH is 2.